The second-order valence-electron chi connectivity index (χ2n) is 9.77. The smallest absolute Gasteiger partial charge is 0.323 e. The fourth-order valence-electron chi connectivity index (χ4n) is 4.21. The molecule has 4 rings (SSSR count). The molecular formula is C30H35ClN8O2. The van der Waals surface area contributed by atoms with Crippen molar-refractivity contribution in [1.82, 2.24) is 19.9 Å². The molecule has 0 saturated heterocycles. The Morgan fingerprint density at radius 1 is 0.976 bits per heavy atom. The number of amides is 2. The Balaban J connectivity index is 1.45. The summed E-state index contributed by atoms with van der Waals surface area (Å²) in [6.45, 7) is 3.71. The SMILES string of the molecule is CNc1nccc(-c2cccnc2Oc2ccc(NC(=O)Nc3cc(Cl)ccc3N(C)CCCN(C)C)cc2C)n1. The van der Waals surface area contributed by atoms with E-state index in [9.17, 15) is 4.79 Å². The molecule has 0 atom stereocenters. The number of nitrogens with zero attached hydrogens (tertiary/aromatic N) is 5. The van der Waals surface area contributed by atoms with Crippen molar-refractivity contribution in [2.75, 3.05) is 62.1 Å². The molecule has 3 N–H and O–H groups in total. The molecule has 0 saturated carbocycles. The van der Waals surface area contributed by atoms with E-state index >= 15 is 0 Å². The maximum Gasteiger partial charge on any atom is 0.323 e. The Kier molecular flexibility index (Phi) is 9.94. The van der Waals surface area contributed by atoms with Gasteiger partial charge in [-0.3, -0.25) is 0 Å². The summed E-state index contributed by atoms with van der Waals surface area (Å²) in [7, 11) is 7.87. The Morgan fingerprint density at radius 3 is 2.56 bits per heavy atom. The number of ether oxygens (including phenoxy) is 1. The van der Waals surface area contributed by atoms with Gasteiger partial charge < -0.3 is 30.5 Å². The second kappa shape index (κ2) is 13.8. The van der Waals surface area contributed by atoms with E-state index in [-0.39, 0.29) is 6.03 Å². The Hall–Kier alpha value is -4.41. The summed E-state index contributed by atoms with van der Waals surface area (Å²) in [5.74, 6) is 1.52. The van der Waals surface area contributed by atoms with Crippen LogP contribution in [0.1, 0.15) is 12.0 Å². The zero-order valence-corrected chi connectivity index (χ0v) is 24.7. The quantitative estimate of drug-likeness (QED) is 0.190. The fourth-order valence-corrected chi connectivity index (χ4v) is 4.38. The van der Waals surface area contributed by atoms with Crippen LogP contribution in [0.5, 0.6) is 11.6 Å². The van der Waals surface area contributed by atoms with Gasteiger partial charge in [-0.15, -0.1) is 0 Å². The summed E-state index contributed by atoms with van der Waals surface area (Å²) >= 11 is 6.26. The monoisotopic (exact) mass is 574 g/mol. The normalized spacial score (nSPS) is 10.8. The number of hydrogen-bond acceptors (Lipinski definition) is 8. The topological polar surface area (TPSA) is 108 Å². The second-order valence-corrected chi connectivity index (χ2v) is 10.2. The molecule has 2 amide bonds. The van der Waals surface area contributed by atoms with Gasteiger partial charge in [0, 0.05) is 43.7 Å². The van der Waals surface area contributed by atoms with Crippen LogP contribution >= 0.6 is 11.6 Å². The number of anilines is 4. The predicted molar refractivity (Wildman–Crippen MR) is 167 cm³/mol. The molecule has 10 nitrogen and oxygen atoms in total. The van der Waals surface area contributed by atoms with Gasteiger partial charge in [0.05, 0.1) is 22.6 Å². The van der Waals surface area contributed by atoms with Crippen LogP contribution in [-0.4, -0.2) is 67.2 Å². The number of carbonyl (C=O) groups is 1. The molecule has 2 heterocycles. The lowest BCUT2D eigenvalue weighted by atomic mass is 10.2. The molecule has 4 aromatic rings. The Morgan fingerprint density at radius 2 is 1.80 bits per heavy atom. The van der Waals surface area contributed by atoms with Crippen LogP contribution in [-0.2, 0) is 0 Å². The van der Waals surface area contributed by atoms with Crippen molar-refractivity contribution >= 4 is 40.6 Å². The molecule has 41 heavy (non-hydrogen) atoms. The lowest BCUT2D eigenvalue weighted by Crippen LogP contribution is -2.26. The Bertz CT molecular complexity index is 1500. The molecule has 0 spiro atoms. The summed E-state index contributed by atoms with van der Waals surface area (Å²) in [5, 5.41) is 9.33. The molecule has 2 aromatic carbocycles. The van der Waals surface area contributed by atoms with Crippen molar-refractivity contribution < 1.29 is 9.53 Å². The van der Waals surface area contributed by atoms with Crippen LogP contribution in [0.2, 0.25) is 5.02 Å². The summed E-state index contributed by atoms with van der Waals surface area (Å²) in [6, 6.07) is 16.1. The molecule has 11 heteroatoms. The third-order valence-electron chi connectivity index (χ3n) is 6.28. The van der Waals surface area contributed by atoms with E-state index in [1.165, 1.54) is 0 Å². The van der Waals surface area contributed by atoms with Gasteiger partial charge in [0.2, 0.25) is 11.8 Å². The highest BCUT2D eigenvalue weighted by molar-refractivity contribution is 6.31. The van der Waals surface area contributed by atoms with Crippen molar-refractivity contribution in [3.8, 4) is 22.9 Å². The summed E-state index contributed by atoms with van der Waals surface area (Å²) in [5.41, 5.74) is 4.38. The minimum absolute atomic E-state index is 0.376. The molecule has 0 fully saturated rings. The summed E-state index contributed by atoms with van der Waals surface area (Å²) < 4.78 is 6.18. The zero-order chi connectivity index (χ0) is 29.4. The first-order valence-corrected chi connectivity index (χ1v) is 13.6. The third kappa shape index (κ3) is 8.06. The van der Waals surface area contributed by atoms with Crippen molar-refractivity contribution in [3.63, 3.8) is 0 Å². The maximum absolute atomic E-state index is 13.0. The molecule has 0 bridgehead atoms. The number of nitrogens with one attached hydrogen (secondary N) is 3. The van der Waals surface area contributed by atoms with Gasteiger partial charge in [-0.1, -0.05) is 11.6 Å². The number of urea groups is 1. The summed E-state index contributed by atoms with van der Waals surface area (Å²) in [6.07, 6.45) is 4.33. The van der Waals surface area contributed by atoms with Gasteiger partial charge in [-0.2, -0.15) is 0 Å². The highest BCUT2D eigenvalue weighted by Crippen LogP contribution is 2.33. The zero-order valence-electron chi connectivity index (χ0n) is 23.9. The maximum atomic E-state index is 13.0. The minimum atomic E-state index is -0.376. The fraction of sp³-hybridized carbons (Fsp3) is 0.267. The van der Waals surface area contributed by atoms with Crippen molar-refractivity contribution in [3.05, 3.63) is 77.6 Å². The number of aromatic nitrogens is 3. The molecule has 214 valence electrons. The average molecular weight is 575 g/mol. The lowest BCUT2D eigenvalue weighted by molar-refractivity contribution is 0.262. The van der Waals surface area contributed by atoms with Crippen LogP contribution in [0.4, 0.5) is 27.8 Å². The van der Waals surface area contributed by atoms with E-state index in [4.69, 9.17) is 16.3 Å². The number of halogens is 1. The number of hydrogen-bond donors (Lipinski definition) is 3. The van der Waals surface area contributed by atoms with Crippen LogP contribution in [0.25, 0.3) is 11.3 Å². The van der Waals surface area contributed by atoms with Crippen LogP contribution in [0.3, 0.4) is 0 Å². The van der Waals surface area contributed by atoms with Gasteiger partial charge >= 0.3 is 6.03 Å². The van der Waals surface area contributed by atoms with E-state index in [1.54, 1.807) is 43.7 Å². The molecule has 0 aliphatic heterocycles. The molecule has 0 aliphatic carbocycles. The van der Waals surface area contributed by atoms with E-state index in [0.29, 0.717) is 39.7 Å². The first-order chi connectivity index (χ1) is 19.7. The average Bonchev–Trinajstić information content (AvgIpc) is 2.94. The van der Waals surface area contributed by atoms with Gasteiger partial charge in [0.1, 0.15) is 5.75 Å². The largest absolute Gasteiger partial charge is 0.438 e. The van der Waals surface area contributed by atoms with Crippen LogP contribution in [0.15, 0.2) is 67.0 Å². The van der Waals surface area contributed by atoms with Crippen molar-refractivity contribution in [2.45, 2.75) is 13.3 Å². The highest BCUT2D eigenvalue weighted by Gasteiger charge is 2.15. The number of benzene rings is 2. The number of pyridine rings is 1. The Labute approximate surface area is 245 Å². The standard InChI is InChI=1S/C30H35ClN8O2/c1-20-18-22(35-30(40)37-25-19-21(31)9-11-26(25)39(5)17-7-16-38(3)4)10-12-27(20)41-28-23(8-6-14-33-28)24-13-15-34-29(32-2)36-24/h6,8-15,18-19H,7,16-17H2,1-5H3,(H,32,34,36)(H2,35,37,40). The van der Waals surface area contributed by atoms with Crippen molar-refractivity contribution in [2.24, 2.45) is 0 Å². The van der Waals surface area contributed by atoms with Crippen molar-refractivity contribution in [1.29, 1.82) is 0 Å². The van der Waals surface area contributed by atoms with E-state index in [2.05, 4.69) is 54.8 Å². The third-order valence-corrected chi connectivity index (χ3v) is 6.52. The van der Waals surface area contributed by atoms with Gasteiger partial charge in [0.25, 0.3) is 0 Å². The molecule has 2 aromatic heterocycles. The number of rotatable bonds is 11. The van der Waals surface area contributed by atoms with Gasteiger partial charge in [0.15, 0.2) is 0 Å². The lowest BCUT2D eigenvalue weighted by Gasteiger charge is -2.24. The van der Waals surface area contributed by atoms with Crippen LogP contribution < -0.4 is 25.6 Å². The molecule has 0 radical (unpaired) electrons. The van der Waals surface area contributed by atoms with E-state index in [0.717, 1.165) is 36.3 Å². The summed E-state index contributed by atoms with van der Waals surface area (Å²) in [4.78, 5) is 30.3. The van der Waals surface area contributed by atoms with Gasteiger partial charge in [-0.25, -0.2) is 19.7 Å². The van der Waals surface area contributed by atoms with E-state index < -0.39 is 0 Å². The molecule has 0 aliphatic rings. The first kappa shape index (κ1) is 29.6. The minimum Gasteiger partial charge on any atom is -0.438 e. The number of carbonyl (C=O) groups excluding carboxylic acids is 1. The van der Waals surface area contributed by atoms with Gasteiger partial charge in [-0.05, 0) is 94.1 Å². The molecular weight excluding hydrogens is 540 g/mol. The first-order valence-electron chi connectivity index (χ1n) is 13.2. The highest BCUT2D eigenvalue weighted by atomic mass is 35.5. The number of aryl methyl sites for hydroxylation is 1. The molecule has 0 unspecified atom stereocenters. The predicted octanol–water partition coefficient (Wildman–Crippen LogP) is 6.37. The van der Waals surface area contributed by atoms with Crippen LogP contribution in [0, 0.1) is 6.92 Å². The van der Waals surface area contributed by atoms with E-state index in [1.807, 2.05) is 44.3 Å².